The summed E-state index contributed by atoms with van der Waals surface area (Å²) >= 11 is 0. The van der Waals surface area contributed by atoms with Gasteiger partial charge < -0.3 is 0 Å². The summed E-state index contributed by atoms with van der Waals surface area (Å²) in [5.74, 6) is 0. The van der Waals surface area contributed by atoms with E-state index in [1.165, 1.54) is 21.5 Å². The van der Waals surface area contributed by atoms with E-state index >= 15 is 0 Å². The highest BCUT2D eigenvalue weighted by atomic mass is 15.3. The Labute approximate surface area is 329 Å². The van der Waals surface area contributed by atoms with Crippen LogP contribution in [0.25, 0.3) is 43.6 Å². The summed E-state index contributed by atoms with van der Waals surface area (Å²) in [5, 5.41) is 4.71. The van der Waals surface area contributed by atoms with Crippen LogP contribution in [0.2, 0.25) is 0 Å². The molecule has 1 fully saturated rings. The molecule has 4 aromatic carbocycles. The Bertz CT molecular complexity index is 2200. The van der Waals surface area contributed by atoms with Crippen LogP contribution < -0.4 is 0 Å². The molecular formula is C48H48N8. The molecule has 1 aliphatic heterocycles. The average molecular weight is 737 g/mol. The average Bonchev–Trinajstić information content (AvgIpc) is 3.24. The molecule has 0 amide bonds. The number of rotatable bonds is 8. The van der Waals surface area contributed by atoms with E-state index in [9.17, 15) is 0 Å². The van der Waals surface area contributed by atoms with E-state index in [4.69, 9.17) is 19.9 Å². The number of hydrogen-bond donors (Lipinski definition) is 0. The van der Waals surface area contributed by atoms with E-state index < -0.39 is 0 Å². The third-order valence-electron chi connectivity index (χ3n) is 11.1. The van der Waals surface area contributed by atoms with Crippen molar-refractivity contribution in [1.29, 1.82) is 0 Å². The smallest absolute Gasteiger partial charge is 0.0705 e. The zero-order chi connectivity index (χ0) is 37.5. The van der Waals surface area contributed by atoms with Gasteiger partial charge in [-0.05, 0) is 48.5 Å². The van der Waals surface area contributed by atoms with Crippen molar-refractivity contribution >= 4 is 43.6 Å². The van der Waals surface area contributed by atoms with E-state index in [1.807, 2.05) is 0 Å². The van der Waals surface area contributed by atoms with Crippen LogP contribution in [0, 0.1) is 0 Å². The Morgan fingerprint density at radius 3 is 0.714 bits per heavy atom. The summed E-state index contributed by atoms with van der Waals surface area (Å²) in [6.45, 7) is 10.6. The van der Waals surface area contributed by atoms with Gasteiger partial charge in [-0.2, -0.15) is 0 Å². The van der Waals surface area contributed by atoms with Gasteiger partial charge in [0.15, 0.2) is 0 Å². The first kappa shape index (κ1) is 36.0. The Hall–Kier alpha value is -5.64. The summed E-state index contributed by atoms with van der Waals surface area (Å²) in [7, 11) is 0. The highest BCUT2D eigenvalue weighted by molar-refractivity contribution is 5.80. The summed E-state index contributed by atoms with van der Waals surface area (Å²) in [5.41, 5.74) is 8.62. The lowest BCUT2D eigenvalue weighted by atomic mass is 10.2. The summed E-state index contributed by atoms with van der Waals surface area (Å²) < 4.78 is 0. The van der Waals surface area contributed by atoms with Crippen molar-refractivity contribution in [3.8, 4) is 0 Å². The second-order valence-corrected chi connectivity index (χ2v) is 15.1. The lowest BCUT2D eigenvalue weighted by Gasteiger charge is -2.34. The second-order valence-electron chi connectivity index (χ2n) is 15.1. The molecule has 0 saturated carbocycles. The molecule has 0 N–H and O–H groups in total. The number of nitrogens with zero attached hydrogens (tertiary/aromatic N) is 8. The maximum atomic E-state index is 5.10. The van der Waals surface area contributed by atoms with Gasteiger partial charge in [0, 0.05) is 100 Å². The molecule has 8 nitrogen and oxygen atoms in total. The van der Waals surface area contributed by atoms with Crippen molar-refractivity contribution in [2.45, 2.75) is 26.2 Å². The van der Waals surface area contributed by atoms with Crippen molar-refractivity contribution in [2.75, 3.05) is 52.4 Å². The molecule has 1 saturated heterocycles. The molecule has 1 aliphatic rings. The molecule has 8 aromatic rings. The fourth-order valence-corrected chi connectivity index (χ4v) is 7.91. The standard InChI is InChI=1S/C48H48N8/c1-5-13-45-37(9-1)17-21-41(49-45)33-53-25-27-54(34-42-22-18-38-10-2-6-14-46(38)50-42)29-31-56(36-44-24-20-40-12-4-8-16-48(40)52-44)32-30-55(28-26-53)35-43-23-19-39-11-3-7-15-47(39)51-43/h1-24H,25-36H2. The Morgan fingerprint density at radius 2 is 0.482 bits per heavy atom. The van der Waals surface area contributed by atoms with E-state index in [0.717, 1.165) is 123 Å². The van der Waals surface area contributed by atoms with Crippen LogP contribution in [0.5, 0.6) is 0 Å². The van der Waals surface area contributed by atoms with Crippen molar-refractivity contribution in [1.82, 2.24) is 39.5 Å². The van der Waals surface area contributed by atoms with Crippen molar-refractivity contribution < 1.29 is 0 Å². The van der Waals surface area contributed by atoms with Gasteiger partial charge in [-0.3, -0.25) is 39.5 Å². The fraction of sp³-hybridized carbons (Fsp3) is 0.250. The minimum Gasteiger partial charge on any atom is -0.295 e. The molecule has 0 unspecified atom stereocenters. The van der Waals surface area contributed by atoms with E-state index in [0.29, 0.717) is 0 Å². The van der Waals surface area contributed by atoms with Gasteiger partial charge in [-0.1, -0.05) is 97.1 Å². The lowest BCUT2D eigenvalue weighted by Crippen LogP contribution is -2.45. The molecule has 4 aromatic heterocycles. The van der Waals surface area contributed by atoms with Crippen molar-refractivity contribution in [3.05, 3.63) is 168 Å². The Balaban J connectivity index is 1.00. The maximum absolute atomic E-state index is 5.10. The van der Waals surface area contributed by atoms with Crippen LogP contribution in [-0.2, 0) is 26.2 Å². The first-order valence-electron chi connectivity index (χ1n) is 19.9. The molecular weight excluding hydrogens is 689 g/mol. The normalized spacial score (nSPS) is 16.0. The fourth-order valence-electron chi connectivity index (χ4n) is 7.91. The van der Waals surface area contributed by atoms with Crippen molar-refractivity contribution in [2.24, 2.45) is 0 Å². The molecule has 5 heterocycles. The van der Waals surface area contributed by atoms with E-state index in [2.05, 4.69) is 165 Å². The quantitative estimate of drug-likeness (QED) is 0.155. The maximum Gasteiger partial charge on any atom is 0.0705 e. The zero-order valence-corrected chi connectivity index (χ0v) is 31.9. The molecule has 0 spiro atoms. The molecule has 56 heavy (non-hydrogen) atoms. The first-order valence-corrected chi connectivity index (χ1v) is 19.9. The van der Waals surface area contributed by atoms with Crippen LogP contribution in [0.15, 0.2) is 146 Å². The van der Waals surface area contributed by atoms with E-state index in [1.54, 1.807) is 0 Å². The number of pyridine rings is 4. The SMILES string of the molecule is c1ccc2nc(CN3CCN(Cc4ccc5ccccc5n4)CCN(Cc4ccc5ccccc5n4)CCN(Cc4ccc5ccccc5n4)CC3)ccc2c1. The van der Waals surface area contributed by atoms with Crippen LogP contribution in [0.1, 0.15) is 22.8 Å². The molecule has 0 atom stereocenters. The summed E-state index contributed by atoms with van der Waals surface area (Å²) in [6.07, 6.45) is 0. The largest absolute Gasteiger partial charge is 0.295 e. The predicted molar refractivity (Wildman–Crippen MR) is 228 cm³/mol. The van der Waals surface area contributed by atoms with Crippen LogP contribution >= 0.6 is 0 Å². The third kappa shape index (κ3) is 8.91. The van der Waals surface area contributed by atoms with Gasteiger partial charge in [-0.25, -0.2) is 0 Å². The molecule has 0 radical (unpaired) electrons. The van der Waals surface area contributed by atoms with Crippen LogP contribution in [0.3, 0.4) is 0 Å². The second kappa shape index (κ2) is 17.0. The van der Waals surface area contributed by atoms with Gasteiger partial charge in [0.2, 0.25) is 0 Å². The molecule has 8 heteroatoms. The van der Waals surface area contributed by atoms with E-state index in [-0.39, 0.29) is 0 Å². The monoisotopic (exact) mass is 736 g/mol. The van der Waals surface area contributed by atoms with Gasteiger partial charge in [0.1, 0.15) is 0 Å². The lowest BCUT2D eigenvalue weighted by molar-refractivity contribution is 0.120. The highest BCUT2D eigenvalue weighted by Crippen LogP contribution is 2.19. The molecule has 0 bridgehead atoms. The minimum atomic E-state index is 0.800. The summed E-state index contributed by atoms with van der Waals surface area (Å²) in [4.78, 5) is 30.8. The molecule has 9 rings (SSSR count). The zero-order valence-electron chi connectivity index (χ0n) is 31.9. The van der Waals surface area contributed by atoms with Gasteiger partial charge in [0.05, 0.1) is 44.8 Å². The topological polar surface area (TPSA) is 64.5 Å². The number of benzene rings is 4. The van der Waals surface area contributed by atoms with Gasteiger partial charge in [0.25, 0.3) is 0 Å². The first-order chi connectivity index (χ1) is 27.7. The Kier molecular flexibility index (Phi) is 10.9. The Morgan fingerprint density at radius 1 is 0.268 bits per heavy atom. The van der Waals surface area contributed by atoms with Crippen LogP contribution in [0.4, 0.5) is 0 Å². The van der Waals surface area contributed by atoms with Gasteiger partial charge >= 0.3 is 0 Å². The predicted octanol–water partition coefficient (Wildman–Crippen LogP) is 8.20. The highest BCUT2D eigenvalue weighted by Gasteiger charge is 2.19. The van der Waals surface area contributed by atoms with Crippen LogP contribution in [-0.4, -0.2) is 91.9 Å². The van der Waals surface area contributed by atoms with Crippen molar-refractivity contribution in [3.63, 3.8) is 0 Å². The number of para-hydroxylation sites is 4. The minimum absolute atomic E-state index is 0.800. The molecule has 0 aliphatic carbocycles. The third-order valence-corrected chi connectivity index (χ3v) is 11.1. The molecule has 280 valence electrons. The number of hydrogen-bond acceptors (Lipinski definition) is 8. The van der Waals surface area contributed by atoms with Gasteiger partial charge in [-0.15, -0.1) is 0 Å². The number of fused-ring (bicyclic) bond motifs is 4. The number of aromatic nitrogens is 4. The summed E-state index contributed by atoms with van der Waals surface area (Å²) in [6, 6.07) is 51.3.